The standard InChI is InChI=1S/C16H24N4O/c17-16(18-21)13-5-7-15(8-6-13)20-11-9-19(10-12-20)14-3-1-2-4-14/h5-8,14,21H,1-4,9-12H2,(H2,17,18). The van der Waals surface area contributed by atoms with E-state index in [4.69, 9.17) is 10.9 Å². The second-order valence-electron chi connectivity index (χ2n) is 5.99. The molecule has 1 aromatic rings. The van der Waals surface area contributed by atoms with Gasteiger partial charge in [-0.3, -0.25) is 4.90 Å². The highest BCUT2D eigenvalue weighted by Crippen LogP contribution is 2.25. The van der Waals surface area contributed by atoms with Crippen molar-refractivity contribution in [2.24, 2.45) is 10.9 Å². The molecule has 3 N–H and O–H groups in total. The number of nitrogens with zero attached hydrogens (tertiary/aromatic N) is 3. The predicted octanol–water partition coefficient (Wildman–Crippen LogP) is 1.85. The fourth-order valence-electron chi connectivity index (χ4n) is 3.52. The van der Waals surface area contributed by atoms with Crippen LogP contribution in [0.5, 0.6) is 0 Å². The molecule has 1 heterocycles. The van der Waals surface area contributed by atoms with Crippen molar-refractivity contribution in [3.8, 4) is 0 Å². The lowest BCUT2D eigenvalue weighted by molar-refractivity contribution is 0.187. The van der Waals surface area contributed by atoms with E-state index in [1.807, 2.05) is 12.1 Å². The number of benzene rings is 1. The highest BCUT2D eigenvalue weighted by molar-refractivity contribution is 5.97. The summed E-state index contributed by atoms with van der Waals surface area (Å²) in [5.41, 5.74) is 7.56. The van der Waals surface area contributed by atoms with Crippen LogP contribution in [0.25, 0.3) is 0 Å². The number of rotatable bonds is 3. The summed E-state index contributed by atoms with van der Waals surface area (Å²) in [6.45, 7) is 4.48. The van der Waals surface area contributed by atoms with Gasteiger partial charge in [-0.15, -0.1) is 0 Å². The fourth-order valence-corrected chi connectivity index (χ4v) is 3.52. The topological polar surface area (TPSA) is 65.1 Å². The van der Waals surface area contributed by atoms with Crippen molar-refractivity contribution in [1.29, 1.82) is 0 Å². The van der Waals surface area contributed by atoms with Crippen LogP contribution in [0.2, 0.25) is 0 Å². The molecule has 0 aromatic heterocycles. The summed E-state index contributed by atoms with van der Waals surface area (Å²) in [4.78, 5) is 5.08. The Kier molecular flexibility index (Phi) is 4.29. The molecule has 0 amide bonds. The zero-order valence-electron chi connectivity index (χ0n) is 12.4. The lowest BCUT2D eigenvalue weighted by atomic mass is 10.1. The second-order valence-corrected chi connectivity index (χ2v) is 5.99. The molecule has 2 fully saturated rings. The normalized spacial score (nSPS) is 21.9. The van der Waals surface area contributed by atoms with Crippen molar-refractivity contribution in [2.45, 2.75) is 31.7 Å². The SMILES string of the molecule is NC(=NO)c1ccc(N2CCN(C3CCCC3)CC2)cc1. The van der Waals surface area contributed by atoms with E-state index in [1.165, 1.54) is 31.4 Å². The number of hydrogen-bond acceptors (Lipinski definition) is 4. The van der Waals surface area contributed by atoms with Gasteiger partial charge in [0, 0.05) is 43.5 Å². The Morgan fingerprint density at radius 3 is 2.24 bits per heavy atom. The smallest absolute Gasteiger partial charge is 0.170 e. The molecule has 0 atom stereocenters. The summed E-state index contributed by atoms with van der Waals surface area (Å²) < 4.78 is 0. The Labute approximate surface area is 126 Å². The van der Waals surface area contributed by atoms with Gasteiger partial charge in [0.25, 0.3) is 0 Å². The van der Waals surface area contributed by atoms with Gasteiger partial charge in [-0.1, -0.05) is 18.0 Å². The Morgan fingerprint density at radius 1 is 1.05 bits per heavy atom. The predicted molar refractivity (Wildman–Crippen MR) is 85.0 cm³/mol. The second kappa shape index (κ2) is 6.35. The van der Waals surface area contributed by atoms with Gasteiger partial charge in [-0.2, -0.15) is 0 Å². The molecule has 1 saturated carbocycles. The maximum atomic E-state index is 8.69. The van der Waals surface area contributed by atoms with Crippen LogP contribution in [-0.4, -0.2) is 48.2 Å². The van der Waals surface area contributed by atoms with Crippen molar-refractivity contribution >= 4 is 11.5 Å². The zero-order valence-corrected chi connectivity index (χ0v) is 12.4. The molecule has 0 radical (unpaired) electrons. The summed E-state index contributed by atoms with van der Waals surface area (Å²) in [6.07, 6.45) is 5.57. The van der Waals surface area contributed by atoms with Gasteiger partial charge >= 0.3 is 0 Å². The molecule has 0 spiro atoms. The third kappa shape index (κ3) is 3.13. The molecular formula is C16H24N4O. The van der Waals surface area contributed by atoms with E-state index >= 15 is 0 Å². The quantitative estimate of drug-likeness (QED) is 0.385. The fraction of sp³-hybridized carbons (Fsp3) is 0.562. The first-order chi connectivity index (χ1) is 10.3. The summed E-state index contributed by atoms with van der Waals surface area (Å²) in [5.74, 6) is 0.160. The summed E-state index contributed by atoms with van der Waals surface area (Å²) in [5, 5.41) is 11.7. The van der Waals surface area contributed by atoms with Gasteiger partial charge in [0.1, 0.15) is 0 Å². The minimum atomic E-state index is 0.160. The van der Waals surface area contributed by atoms with Crippen LogP contribution < -0.4 is 10.6 Å². The third-order valence-corrected chi connectivity index (χ3v) is 4.79. The van der Waals surface area contributed by atoms with E-state index in [2.05, 4.69) is 27.1 Å². The molecular weight excluding hydrogens is 264 g/mol. The third-order valence-electron chi connectivity index (χ3n) is 4.79. The molecule has 1 aliphatic heterocycles. The number of nitrogens with two attached hydrogens (primary N) is 1. The molecule has 5 heteroatoms. The Hall–Kier alpha value is -1.75. The van der Waals surface area contributed by atoms with Gasteiger partial charge < -0.3 is 15.8 Å². The van der Waals surface area contributed by atoms with Crippen molar-refractivity contribution in [3.05, 3.63) is 29.8 Å². The van der Waals surface area contributed by atoms with Crippen LogP contribution in [0.3, 0.4) is 0 Å². The first-order valence-corrected chi connectivity index (χ1v) is 7.85. The zero-order chi connectivity index (χ0) is 14.7. The molecule has 5 nitrogen and oxygen atoms in total. The van der Waals surface area contributed by atoms with Crippen molar-refractivity contribution in [1.82, 2.24) is 4.90 Å². The Bertz CT molecular complexity index is 486. The van der Waals surface area contributed by atoms with E-state index in [0.29, 0.717) is 0 Å². The van der Waals surface area contributed by atoms with E-state index in [9.17, 15) is 0 Å². The van der Waals surface area contributed by atoms with Gasteiger partial charge in [0.05, 0.1) is 0 Å². The molecule has 114 valence electrons. The average Bonchev–Trinajstić information content (AvgIpc) is 3.09. The highest BCUT2D eigenvalue weighted by atomic mass is 16.4. The van der Waals surface area contributed by atoms with Crippen LogP contribution >= 0.6 is 0 Å². The van der Waals surface area contributed by atoms with Crippen molar-refractivity contribution in [2.75, 3.05) is 31.1 Å². The van der Waals surface area contributed by atoms with Crippen molar-refractivity contribution < 1.29 is 5.21 Å². The van der Waals surface area contributed by atoms with Crippen LogP contribution in [0.4, 0.5) is 5.69 Å². The maximum Gasteiger partial charge on any atom is 0.170 e. The lowest BCUT2D eigenvalue weighted by Gasteiger charge is -2.39. The van der Waals surface area contributed by atoms with Crippen LogP contribution in [0.1, 0.15) is 31.2 Å². The molecule has 0 bridgehead atoms. The van der Waals surface area contributed by atoms with Crippen LogP contribution in [0, 0.1) is 0 Å². The van der Waals surface area contributed by atoms with Crippen LogP contribution in [0.15, 0.2) is 29.4 Å². The molecule has 1 aromatic carbocycles. The molecule has 2 aliphatic rings. The first-order valence-electron chi connectivity index (χ1n) is 7.85. The van der Waals surface area contributed by atoms with E-state index < -0.39 is 0 Å². The number of oxime groups is 1. The number of hydrogen-bond donors (Lipinski definition) is 2. The molecule has 3 rings (SSSR count). The maximum absolute atomic E-state index is 8.69. The van der Waals surface area contributed by atoms with Gasteiger partial charge in [0.2, 0.25) is 0 Å². The van der Waals surface area contributed by atoms with Gasteiger partial charge in [-0.05, 0) is 37.1 Å². The first kappa shape index (κ1) is 14.2. The minimum absolute atomic E-state index is 0.160. The van der Waals surface area contributed by atoms with Crippen molar-refractivity contribution in [3.63, 3.8) is 0 Å². The van der Waals surface area contributed by atoms with Crippen LogP contribution in [-0.2, 0) is 0 Å². The van der Waals surface area contributed by atoms with Gasteiger partial charge in [-0.25, -0.2) is 0 Å². The minimum Gasteiger partial charge on any atom is -0.409 e. The van der Waals surface area contributed by atoms with E-state index in [0.717, 1.165) is 37.8 Å². The molecule has 1 aliphatic carbocycles. The summed E-state index contributed by atoms with van der Waals surface area (Å²) >= 11 is 0. The van der Waals surface area contributed by atoms with Gasteiger partial charge in [0.15, 0.2) is 5.84 Å². The largest absolute Gasteiger partial charge is 0.409 e. The lowest BCUT2D eigenvalue weighted by Crippen LogP contribution is -2.49. The average molecular weight is 288 g/mol. The monoisotopic (exact) mass is 288 g/mol. The van der Waals surface area contributed by atoms with E-state index in [-0.39, 0.29) is 5.84 Å². The van der Waals surface area contributed by atoms with E-state index in [1.54, 1.807) is 0 Å². The highest BCUT2D eigenvalue weighted by Gasteiger charge is 2.26. The molecule has 0 unspecified atom stereocenters. The number of piperazine rings is 1. The molecule has 1 saturated heterocycles. The summed E-state index contributed by atoms with van der Waals surface area (Å²) in [6, 6.07) is 8.76. The summed E-state index contributed by atoms with van der Waals surface area (Å²) in [7, 11) is 0. The number of amidine groups is 1. The Balaban J connectivity index is 1.58. The number of anilines is 1. The Morgan fingerprint density at radius 2 is 1.67 bits per heavy atom. The molecule has 21 heavy (non-hydrogen) atoms.